The van der Waals surface area contributed by atoms with Gasteiger partial charge in [-0.25, -0.2) is 14.8 Å². The van der Waals surface area contributed by atoms with Crippen molar-refractivity contribution in [2.24, 2.45) is 5.73 Å². The maximum Gasteiger partial charge on any atom is 0.324 e. The van der Waals surface area contributed by atoms with E-state index in [1.54, 1.807) is 19.3 Å². The van der Waals surface area contributed by atoms with E-state index in [9.17, 15) is 9.59 Å². The summed E-state index contributed by atoms with van der Waals surface area (Å²) in [6.45, 7) is 4.06. The van der Waals surface area contributed by atoms with E-state index in [1.165, 1.54) is 27.6 Å². The highest BCUT2D eigenvalue weighted by Crippen LogP contribution is 2.36. The minimum absolute atomic E-state index is 0.369. The van der Waals surface area contributed by atoms with Crippen molar-refractivity contribution in [2.75, 3.05) is 17.2 Å². The number of likely N-dealkylation sites (tertiary alicyclic amines) is 1. The molecule has 3 aromatic heterocycles. The van der Waals surface area contributed by atoms with E-state index in [4.69, 9.17) is 5.73 Å². The largest absolute Gasteiger partial charge is 0.368 e. The molecule has 3 amide bonds. The molecule has 1 atom stereocenters. The summed E-state index contributed by atoms with van der Waals surface area (Å²) in [5.74, 6) is -0.498. The molecule has 156 valence electrons. The number of pyridine rings is 1. The number of carbonyl (C=O) groups excluding carboxylic acids is 2. The lowest BCUT2D eigenvalue weighted by molar-refractivity contribution is -0.126. The SMILES string of the molecule is Cc1nc(NC(=O)N2CCC[C@@]2(C)C(N)=O)sc1-c1csc(Nc2cccnc2)n1. The summed E-state index contributed by atoms with van der Waals surface area (Å²) < 4.78 is 0. The first-order valence-electron chi connectivity index (χ1n) is 9.36. The molecule has 11 heteroatoms. The number of nitrogens with one attached hydrogen (secondary N) is 2. The molecule has 0 spiro atoms. The molecule has 4 rings (SSSR count). The molecule has 1 aliphatic heterocycles. The monoisotopic (exact) mass is 443 g/mol. The van der Waals surface area contributed by atoms with Crippen molar-refractivity contribution in [3.8, 4) is 10.6 Å². The molecule has 1 fully saturated rings. The van der Waals surface area contributed by atoms with Crippen LogP contribution in [0.15, 0.2) is 29.9 Å². The molecule has 30 heavy (non-hydrogen) atoms. The number of primary amides is 1. The van der Waals surface area contributed by atoms with Crippen molar-refractivity contribution in [1.29, 1.82) is 0 Å². The fourth-order valence-electron chi connectivity index (χ4n) is 3.39. The highest BCUT2D eigenvalue weighted by Gasteiger charge is 2.44. The Morgan fingerprint density at radius 3 is 2.87 bits per heavy atom. The molecule has 0 bridgehead atoms. The molecule has 0 radical (unpaired) electrons. The first-order chi connectivity index (χ1) is 14.4. The second-order valence-electron chi connectivity index (χ2n) is 7.16. The molecule has 0 aromatic carbocycles. The van der Waals surface area contributed by atoms with Crippen molar-refractivity contribution in [3.63, 3.8) is 0 Å². The van der Waals surface area contributed by atoms with Crippen LogP contribution in [-0.2, 0) is 4.79 Å². The van der Waals surface area contributed by atoms with Crippen LogP contribution in [0.2, 0.25) is 0 Å². The highest BCUT2D eigenvalue weighted by molar-refractivity contribution is 7.20. The molecule has 3 aromatic rings. The standard InChI is InChI=1S/C19H21N7O2S2/c1-11-14(13-10-29-16(24-13)23-12-5-3-7-21-9-12)30-17(22-11)25-18(28)26-8-4-6-19(26,2)15(20)27/h3,5,7,9-10H,4,6,8H2,1-2H3,(H2,20,27)(H,23,24)(H,22,25,28)/t19-/m0/s1. The Morgan fingerprint density at radius 2 is 2.13 bits per heavy atom. The number of aromatic nitrogens is 3. The quantitative estimate of drug-likeness (QED) is 0.553. The second-order valence-corrected chi connectivity index (χ2v) is 9.02. The minimum atomic E-state index is -0.971. The molecule has 4 N–H and O–H groups in total. The number of urea groups is 1. The minimum Gasteiger partial charge on any atom is -0.368 e. The fourth-order valence-corrected chi connectivity index (χ4v) is 5.10. The van der Waals surface area contributed by atoms with E-state index in [2.05, 4.69) is 25.6 Å². The topological polar surface area (TPSA) is 126 Å². The van der Waals surface area contributed by atoms with E-state index in [1.807, 2.05) is 24.4 Å². The van der Waals surface area contributed by atoms with Gasteiger partial charge in [-0.2, -0.15) is 0 Å². The Morgan fingerprint density at radius 1 is 1.30 bits per heavy atom. The van der Waals surface area contributed by atoms with Crippen LogP contribution in [0, 0.1) is 6.92 Å². The van der Waals surface area contributed by atoms with Crippen LogP contribution >= 0.6 is 22.7 Å². The Hall–Kier alpha value is -3.05. The van der Waals surface area contributed by atoms with Crippen LogP contribution in [-0.4, -0.2) is 43.9 Å². The van der Waals surface area contributed by atoms with Gasteiger partial charge >= 0.3 is 6.03 Å². The van der Waals surface area contributed by atoms with Gasteiger partial charge in [-0.3, -0.25) is 15.1 Å². The summed E-state index contributed by atoms with van der Waals surface area (Å²) in [6, 6.07) is 3.40. The van der Waals surface area contributed by atoms with Gasteiger partial charge in [0.05, 0.1) is 28.1 Å². The van der Waals surface area contributed by atoms with Crippen LogP contribution in [0.25, 0.3) is 10.6 Å². The lowest BCUT2D eigenvalue weighted by Crippen LogP contribution is -2.55. The Bertz CT molecular complexity index is 1080. The number of aryl methyl sites for hydroxylation is 1. The van der Waals surface area contributed by atoms with Gasteiger partial charge < -0.3 is 16.0 Å². The lowest BCUT2D eigenvalue weighted by Gasteiger charge is -2.31. The Kier molecular flexibility index (Phi) is 5.39. The zero-order chi connectivity index (χ0) is 21.3. The van der Waals surface area contributed by atoms with Gasteiger partial charge in [-0.05, 0) is 38.8 Å². The van der Waals surface area contributed by atoms with E-state index in [0.29, 0.717) is 18.1 Å². The lowest BCUT2D eigenvalue weighted by atomic mass is 9.98. The summed E-state index contributed by atoms with van der Waals surface area (Å²) in [4.78, 5) is 40.1. The molecule has 4 heterocycles. The summed E-state index contributed by atoms with van der Waals surface area (Å²) in [7, 11) is 0. The van der Waals surface area contributed by atoms with Crippen LogP contribution in [0.1, 0.15) is 25.5 Å². The van der Waals surface area contributed by atoms with Crippen molar-refractivity contribution in [1.82, 2.24) is 19.9 Å². The Balaban J connectivity index is 1.49. The summed E-state index contributed by atoms with van der Waals surface area (Å²) in [6.07, 6.45) is 4.73. The zero-order valence-corrected chi connectivity index (χ0v) is 18.1. The fraction of sp³-hybridized carbons (Fsp3) is 0.316. The number of hydrogen-bond donors (Lipinski definition) is 3. The van der Waals surface area contributed by atoms with Crippen LogP contribution in [0.3, 0.4) is 0 Å². The van der Waals surface area contributed by atoms with Crippen molar-refractivity contribution >= 4 is 50.6 Å². The van der Waals surface area contributed by atoms with Crippen molar-refractivity contribution in [3.05, 3.63) is 35.6 Å². The number of anilines is 3. The molecule has 1 aliphatic rings. The average Bonchev–Trinajstić information content (AvgIpc) is 3.42. The number of nitrogens with zero attached hydrogens (tertiary/aromatic N) is 4. The van der Waals surface area contributed by atoms with Gasteiger partial charge in [-0.1, -0.05) is 11.3 Å². The predicted molar refractivity (Wildman–Crippen MR) is 118 cm³/mol. The van der Waals surface area contributed by atoms with Crippen molar-refractivity contribution < 1.29 is 9.59 Å². The molecule has 0 unspecified atom stereocenters. The van der Waals surface area contributed by atoms with Gasteiger partial charge in [-0.15, -0.1) is 11.3 Å². The van der Waals surface area contributed by atoms with E-state index in [-0.39, 0.29) is 6.03 Å². The van der Waals surface area contributed by atoms with Gasteiger partial charge in [0.25, 0.3) is 0 Å². The summed E-state index contributed by atoms with van der Waals surface area (Å²) in [5.41, 5.74) is 6.96. The first-order valence-corrected chi connectivity index (χ1v) is 11.1. The maximum atomic E-state index is 12.7. The van der Waals surface area contributed by atoms with Gasteiger partial charge in [0, 0.05) is 18.1 Å². The number of hydrogen-bond acceptors (Lipinski definition) is 8. The smallest absolute Gasteiger partial charge is 0.324 e. The van der Waals surface area contributed by atoms with Crippen LogP contribution in [0.5, 0.6) is 0 Å². The number of amides is 3. The molecule has 0 aliphatic carbocycles. The van der Waals surface area contributed by atoms with Crippen molar-refractivity contribution in [2.45, 2.75) is 32.2 Å². The Labute approximate surface area is 181 Å². The summed E-state index contributed by atoms with van der Waals surface area (Å²) in [5, 5.41) is 9.17. The molecular weight excluding hydrogens is 422 g/mol. The van der Waals surface area contributed by atoms with E-state index >= 15 is 0 Å². The first kappa shape index (κ1) is 20.2. The third kappa shape index (κ3) is 3.85. The normalized spacial score (nSPS) is 18.4. The third-order valence-electron chi connectivity index (χ3n) is 5.08. The van der Waals surface area contributed by atoms with Crippen LogP contribution < -0.4 is 16.4 Å². The van der Waals surface area contributed by atoms with Gasteiger partial charge in [0.2, 0.25) is 5.91 Å². The molecule has 9 nitrogen and oxygen atoms in total. The van der Waals surface area contributed by atoms with E-state index in [0.717, 1.165) is 33.5 Å². The highest BCUT2D eigenvalue weighted by atomic mass is 32.1. The maximum absolute atomic E-state index is 12.7. The number of carbonyl (C=O) groups is 2. The summed E-state index contributed by atoms with van der Waals surface area (Å²) >= 11 is 2.82. The second kappa shape index (κ2) is 8.00. The number of thiazole rings is 2. The van der Waals surface area contributed by atoms with Gasteiger partial charge in [0.1, 0.15) is 5.54 Å². The van der Waals surface area contributed by atoms with Crippen LogP contribution in [0.4, 0.5) is 20.7 Å². The molecular formula is C19H21N7O2S2. The molecule has 0 saturated carbocycles. The number of nitrogens with two attached hydrogens (primary N) is 1. The molecule has 1 saturated heterocycles. The number of rotatable bonds is 5. The van der Waals surface area contributed by atoms with E-state index < -0.39 is 11.4 Å². The average molecular weight is 444 g/mol. The third-order valence-corrected chi connectivity index (χ3v) is 6.93. The zero-order valence-electron chi connectivity index (χ0n) is 16.5. The van der Waals surface area contributed by atoms with Gasteiger partial charge in [0.15, 0.2) is 10.3 Å². The predicted octanol–water partition coefficient (Wildman–Crippen LogP) is 3.59.